The molecule has 0 aliphatic heterocycles. The molecule has 2 N–H and O–H groups in total. The van der Waals surface area contributed by atoms with Gasteiger partial charge in [-0.05, 0) is 19.9 Å². The van der Waals surface area contributed by atoms with Crippen LogP contribution >= 0.6 is 0 Å². The molecule has 2 aromatic rings. The number of aliphatic carboxylic acids is 1. The van der Waals surface area contributed by atoms with Crippen LogP contribution in [0.4, 0.5) is 4.39 Å². The zero-order chi connectivity index (χ0) is 17.0. The minimum atomic E-state index is -1.09. The molecule has 0 unspecified atom stereocenters. The molecule has 0 aliphatic carbocycles. The second kappa shape index (κ2) is 7.10. The number of halogens is 1. The Morgan fingerprint density at radius 3 is 2.65 bits per heavy atom. The van der Waals surface area contributed by atoms with E-state index >= 15 is 0 Å². The van der Waals surface area contributed by atoms with Gasteiger partial charge in [0.2, 0.25) is 0 Å². The number of fused-ring (bicyclic) bond motifs is 1. The average molecular weight is 321 g/mol. The molecule has 0 bridgehead atoms. The minimum Gasteiger partial charge on any atom is -0.480 e. The zero-order valence-electron chi connectivity index (χ0n) is 12.7. The number of carboxylic acids is 1. The van der Waals surface area contributed by atoms with Gasteiger partial charge < -0.3 is 15.2 Å². The predicted octanol–water partition coefficient (Wildman–Crippen LogP) is 1.22. The first-order valence-electron chi connectivity index (χ1n) is 6.90. The summed E-state index contributed by atoms with van der Waals surface area (Å²) in [6.07, 6.45) is 0. The molecule has 0 spiro atoms. The SMILES string of the molecule is Cc1nc2cc(F)cc(C(=O)NCCOCC(=O)O)c2nc1C. The van der Waals surface area contributed by atoms with Crippen LogP contribution in [0.3, 0.4) is 0 Å². The van der Waals surface area contributed by atoms with Crippen molar-refractivity contribution in [1.82, 2.24) is 15.3 Å². The van der Waals surface area contributed by atoms with Crippen LogP contribution < -0.4 is 5.32 Å². The third kappa shape index (κ3) is 4.19. The van der Waals surface area contributed by atoms with Crippen molar-refractivity contribution < 1.29 is 23.8 Å². The first kappa shape index (κ1) is 16.8. The summed E-state index contributed by atoms with van der Waals surface area (Å²) in [7, 11) is 0. The van der Waals surface area contributed by atoms with Crippen LogP contribution in [-0.2, 0) is 9.53 Å². The second-order valence-electron chi connectivity index (χ2n) is 4.92. The van der Waals surface area contributed by atoms with E-state index in [1.165, 1.54) is 6.07 Å². The van der Waals surface area contributed by atoms with Crippen molar-refractivity contribution in [3.8, 4) is 0 Å². The Hall–Kier alpha value is -2.61. The molecule has 1 aromatic carbocycles. The molecule has 0 saturated heterocycles. The lowest BCUT2D eigenvalue weighted by molar-refractivity contribution is -0.142. The van der Waals surface area contributed by atoms with Crippen LogP contribution in [-0.4, -0.2) is 46.7 Å². The number of nitrogens with zero attached hydrogens (tertiary/aromatic N) is 2. The summed E-state index contributed by atoms with van der Waals surface area (Å²) in [5.41, 5.74) is 2.02. The maximum atomic E-state index is 13.7. The molecule has 1 aromatic heterocycles. The Labute approximate surface area is 131 Å². The number of carbonyl (C=O) groups is 2. The third-order valence-electron chi connectivity index (χ3n) is 3.15. The molecule has 0 saturated carbocycles. The van der Waals surface area contributed by atoms with Gasteiger partial charge >= 0.3 is 5.97 Å². The predicted molar refractivity (Wildman–Crippen MR) is 79.8 cm³/mol. The van der Waals surface area contributed by atoms with Crippen molar-refractivity contribution in [2.45, 2.75) is 13.8 Å². The van der Waals surface area contributed by atoms with Gasteiger partial charge in [-0.3, -0.25) is 4.79 Å². The van der Waals surface area contributed by atoms with E-state index in [1.807, 2.05) is 0 Å². The standard InChI is InChI=1S/C15H16FN3O4/c1-8-9(2)19-14-11(5-10(16)6-12(14)18-8)15(22)17-3-4-23-7-13(20)21/h5-6H,3-4,7H2,1-2H3,(H,17,22)(H,20,21). The first-order valence-corrected chi connectivity index (χ1v) is 6.90. The monoisotopic (exact) mass is 321 g/mol. The fourth-order valence-corrected chi connectivity index (χ4v) is 1.96. The summed E-state index contributed by atoms with van der Waals surface area (Å²) in [4.78, 5) is 31.0. The number of rotatable bonds is 6. The summed E-state index contributed by atoms with van der Waals surface area (Å²) in [6, 6.07) is 2.32. The van der Waals surface area contributed by atoms with Gasteiger partial charge in [-0.1, -0.05) is 0 Å². The van der Waals surface area contributed by atoms with Gasteiger partial charge in [0.1, 0.15) is 17.9 Å². The largest absolute Gasteiger partial charge is 0.480 e. The summed E-state index contributed by atoms with van der Waals surface area (Å²) in [6.45, 7) is 3.21. The van der Waals surface area contributed by atoms with Crippen molar-refractivity contribution in [3.63, 3.8) is 0 Å². The number of carboxylic acid groups (broad SMARTS) is 1. The normalized spacial score (nSPS) is 10.7. The van der Waals surface area contributed by atoms with Gasteiger partial charge in [-0.15, -0.1) is 0 Å². The van der Waals surface area contributed by atoms with Gasteiger partial charge in [0.05, 0.1) is 29.1 Å². The highest BCUT2D eigenvalue weighted by Crippen LogP contribution is 2.19. The van der Waals surface area contributed by atoms with Crippen molar-refractivity contribution in [2.75, 3.05) is 19.8 Å². The van der Waals surface area contributed by atoms with E-state index in [2.05, 4.69) is 15.3 Å². The van der Waals surface area contributed by atoms with Crippen LogP contribution in [0, 0.1) is 19.7 Å². The zero-order valence-corrected chi connectivity index (χ0v) is 12.7. The van der Waals surface area contributed by atoms with Crippen LogP contribution in [0.5, 0.6) is 0 Å². The van der Waals surface area contributed by atoms with E-state index in [-0.39, 0.29) is 18.7 Å². The summed E-state index contributed by atoms with van der Waals surface area (Å²) >= 11 is 0. The molecule has 7 nitrogen and oxygen atoms in total. The number of aryl methyl sites for hydroxylation is 2. The van der Waals surface area contributed by atoms with E-state index in [9.17, 15) is 14.0 Å². The maximum Gasteiger partial charge on any atom is 0.329 e. The smallest absolute Gasteiger partial charge is 0.329 e. The fourth-order valence-electron chi connectivity index (χ4n) is 1.96. The van der Waals surface area contributed by atoms with Crippen molar-refractivity contribution in [3.05, 3.63) is 34.9 Å². The van der Waals surface area contributed by atoms with E-state index in [0.717, 1.165) is 6.07 Å². The quantitative estimate of drug-likeness (QED) is 0.776. The number of hydrogen-bond donors (Lipinski definition) is 2. The number of hydrogen-bond acceptors (Lipinski definition) is 5. The molecular weight excluding hydrogens is 305 g/mol. The van der Waals surface area contributed by atoms with Gasteiger partial charge in [-0.2, -0.15) is 0 Å². The Kier molecular flexibility index (Phi) is 5.17. The van der Waals surface area contributed by atoms with Crippen LogP contribution in [0.2, 0.25) is 0 Å². The molecule has 2 rings (SSSR count). The molecule has 1 heterocycles. The fraction of sp³-hybridized carbons (Fsp3) is 0.333. The maximum absolute atomic E-state index is 13.7. The second-order valence-corrected chi connectivity index (χ2v) is 4.92. The topological polar surface area (TPSA) is 101 Å². The lowest BCUT2D eigenvalue weighted by Crippen LogP contribution is -2.28. The molecule has 0 fully saturated rings. The van der Waals surface area contributed by atoms with Crippen LogP contribution in [0.15, 0.2) is 12.1 Å². The molecule has 23 heavy (non-hydrogen) atoms. The lowest BCUT2D eigenvalue weighted by atomic mass is 10.1. The third-order valence-corrected chi connectivity index (χ3v) is 3.15. The summed E-state index contributed by atoms with van der Waals surface area (Å²) in [5, 5.41) is 11.0. The highest BCUT2D eigenvalue weighted by Gasteiger charge is 2.15. The highest BCUT2D eigenvalue weighted by atomic mass is 19.1. The Bertz CT molecular complexity index is 764. The van der Waals surface area contributed by atoms with Crippen LogP contribution in [0.1, 0.15) is 21.7 Å². The van der Waals surface area contributed by atoms with Crippen molar-refractivity contribution in [1.29, 1.82) is 0 Å². The highest BCUT2D eigenvalue weighted by molar-refractivity contribution is 6.04. The Balaban J connectivity index is 2.16. The summed E-state index contributed by atoms with van der Waals surface area (Å²) in [5.74, 6) is -2.19. The van der Waals surface area contributed by atoms with Crippen molar-refractivity contribution >= 4 is 22.9 Å². The molecular formula is C15H16FN3O4. The van der Waals surface area contributed by atoms with Crippen molar-refractivity contribution in [2.24, 2.45) is 0 Å². The van der Waals surface area contributed by atoms with E-state index in [0.29, 0.717) is 22.4 Å². The number of amides is 1. The number of ether oxygens (including phenoxy) is 1. The van der Waals surface area contributed by atoms with E-state index < -0.39 is 24.3 Å². The van der Waals surface area contributed by atoms with E-state index in [4.69, 9.17) is 9.84 Å². The number of nitrogens with one attached hydrogen (secondary N) is 1. The Morgan fingerprint density at radius 1 is 1.26 bits per heavy atom. The number of aromatic nitrogens is 2. The molecule has 122 valence electrons. The van der Waals surface area contributed by atoms with Crippen LogP contribution in [0.25, 0.3) is 11.0 Å². The molecule has 0 aliphatic rings. The van der Waals surface area contributed by atoms with Gasteiger partial charge in [0.15, 0.2) is 0 Å². The summed E-state index contributed by atoms with van der Waals surface area (Å²) < 4.78 is 18.5. The molecule has 1 amide bonds. The molecule has 0 radical (unpaired) electrons. The average Bonchev–Trinajstić information content (AvgIpc) is 2.47. The lowest BCUT2D eigenvalue weighted by Gasteiger charge is -2.09. The first-order chi connectivity index (χ1) is 10.9. The van der Waals surface area contributed by atoms with Gasteiger partial charge in [0.25, 0.3) is 5.91 Å². The number of benzene rings is 1. The minimum absolute atomic E-state index is 0.0368. The van der Waals surface area contributed by atoms with Gasteiger partial charge in [0, 0.05) is 12.6 Å². The Morgan fingerprint density at radius 2 is 1.96 bits per heavy atom. The van der Waals surface area contributed by atoms with E-state index in [1.54, 1.807) is 13.8 Å². The molecule has 8 heteroatoms. The molecule has 0 atom stereocenters. The van der Waals surface area contributed by atoms with Gasteiger partial charge in [-0.25, -0.2) is 19.2 Å². The number of carbonyl (C=O) groups excluding carboxylic acids is 1.